The third-order valence-corrected chi connectivity index (χ3v) is 2.17. The van der Waals surface area contributed by atoms with Crippen LogP contribution in [0.5, 0.6) is 0 Å². The van der Waals surface area contributed by atoms with Crippen LogP contribution in [0.25, 0.3) is 0 Å². The van der Waals surface area contributed by atoms with Gasteiger partial charge in [-0.3, -0.25) is 4.79 Å². The number of hydrogen-bond donors (Lipinski definition) is 2. The van der Waals surface area contributed by atoms with Crippen LogP contribution >= 0.6 is 0 Å². The van der Waals surface area contributed by atoms with E-state index in [0.717, 1.165) is 18.7 Å². The number of methoxy groups -OCH3 is 1. The van der Waals surface area contributed by atoms with E-state index in [4.69, 9.17) is 4.74 Å². The fourth-order valence-electron chi connectivity index (χ4n) is 1.26. The molecule has 94 valence electrons. The summed E-state index contributed by atoms with van der Waals surface area (Å²) in [5, 5.41) is 5.91. The Labute approximate surface area is 102 Å². The predicted molar refractivity (Wildman–Crippen MR) is 67.2 cm³/mol. The van der Waals surface area contributed by atoms with E-state index in [1.165, 1.54) is 0 Å². The average Bonchev–Trinajstić information content (AvgIpc) is 2.37. The molecule has 0 aliphatic rings. The molecule has 0 fully saturated rings. The number of nitrogens with one attached hydrogen (secondary N) is 2. The van der Waals surface area contributed by atoms with Crippen molar-refractivity contribution in [2.75, 3.05) is 32.1 Å². The summed E-state index contributed by atoms with van der Waals surface area (Å²) in [6.07, 6.45) is 2.72. The number of aromatic nitrogens is 1. The first kappa shape index (κ1) is 13.4. The Morgan fingerprint density at radius 3 is 2.82 bits per heavy atom. The summed E-state index contributed by atoms with van der Waals surface area (Å²) in [7, 11) is 1.60. The molecule has 1 aromatic rings. The van der Waals surface area contributed by atoms with Gasteiger partial charge in [0.25, 0.3) is 5.91 Å². The summed E-state index contributed by atoms with van der Waals surface area (Å²) < 4.78 is 4.85. The van der Waals surface area contributed by atoms with Gasteiger partial charge in [-0.2, -0.15) is 0 Å². The molecule has 0 radical (unpaired) electrons. The molecule has 1 amide bonds. The second-order valence-electron chi connectivity index (χ2n) is 3.61. The molecular formula is C12H19N3O2. The molecule has 0 unspecified atom stereocenters. The smallest absolute Gasteiger partial charge is 0.269 e. The maximum absolute atomic E-state index is 11.6. The number of rotatable bonds is 7. The van der Waals surface area contributed by atoms with Crippen molar-refractivity contribution in [1.82, 2.24) is 10.3 Å². The highest BCUT2D eigenvalue weighted by Crippen LogP contribution is 2.05. The predicted octanol–water partition coefficient (Wildman–Crippen LogP) is 1.28. The van der Waals surface area contributed by atoms with Crippen LogP contribution in [0, 0.1) is 0 Å². The monoisotopic (exact) mass is 237 g/mol. The SMILES string of the molecule is CCCNc1ccc(C(=O)NCCOC)nc1. The number of amides is 1. The lowest BCUT2D eigenvalue weighted by molar-refractivity contribution is 0.0932. The van der Waals surface area contributed by atoms with Gasteiger partial charge in [-0.1, -0.05) is 6.92 Å². The van der Waals surface area contributed by atoms with Gasteiger partial charge in [-0.15, -0.1) is 0 Å². The highest BCUT2D eigenvalue weighted by Gasteiger charge is 2.05. The molecule has 0 atom stereocenters. The molecule has 5 heteroatoms. The number of hydrogen-bond acceptors (Lipinski definition) is 4. The van der Waals surface area contributed by atoms with Gasteiger partial charge in [0.15, 0.2) is 0 Å². The van der Waals surface area contributed by atoms with E-state index in [0.29, 0.717) is 18.8 Å². The molecule has 1 aromatic heterocycles. The molecule has 5 nitrogen and oxygen atoms in total. The van der Waals surface area contributed by atoms with Crippen molar-refractivity contribution >= 4 is 11.6 Å². The number of carbonyl (C=O) groups is 1. The summed E-state index contributed by atoms with van der Waals surface area (Å²) in [6.45, 7) is 3.99. The molecule has 0 spiro atoms. The van der Waals surface area contributed by atoms with Crippen LogP contribution in [0.3, 0.4) is 0 Å². The van der Waals surface area contributed by atoms with E-state index < -0.39 is 0 Å². The summed E-state index contributed by atoms with van der Waals surface area (Å²) >= 11 is 0. The van der Waals surface area contributed by atoms with E-state index in [1.807, 2.05) is 6.07 Å². The van der Waals surface area contributed by atoms with E-state index in [9.17, 15) is 4.79 Å². The number of carbonyl (C=O) groups excluding carboxylic acids is 1. The number of anilines is 1. The third-order valence-electron chi connectivity index (χ3n) is 2.17. The minimum atomic E-state index is -0.177. The van der Waals surface area contributed by atoms with E-state index >= 15 is 0 Å². The van der Waals surface area contributed by atoms with Crippen LogP contribution in [0.15, 0.2) is 18.3 Å². The molecule has 0 bridgehead atoms. The lowest BCUT2D eigenvalue weighted by Crippen LogP contribution is -2.27. The number of nitrogens with zero attached hydrogens (tertiary/aromatic N) is 1. The second kappa shape index (κ2) is 7.62. The van der Waals surface area contributed by atoms with Gasteiger partial charge in [0, 0.05) is 20.2 Å². The fraction of sp³-hybridized carbons (Fsp3) is 0.500. The zero-order valence-electron chi connectivity index (χ0n) is 10.3. The maximum Gasteiger partial charge on any atom is 0.269 e. The molecule has 2 N–H and O–H groups in total. The Kier molecular flexibility index (Phi) is 6.03. The van der Waals surface area contributed by atoms with Crippen molar-refractivity contribution in [3.8, 4) is 0 Å². The Morgan fingerprint density at radius 2 is 2.24 bits per heavy atom. The van der Waals surface area contributed by atoms with Crippen LogP contribution < -0.4 is 10.6 Å². The van der Waals surface area contributed by atoms with E-state index in [1.54, 1.807) is 19.4 Å². The van der Waals surface area contributed by atoms with Crippen molar-refractivity contribution in [2.45, 2.75) is 13.3 Å². The highest BCUT2D eigenvalue weighted by molar-refractivity contribution is 5.92. The first-order valence-corrected chi connectivity index (χ1v) is 5.75. The van der Waals surface area contributed by atoms with Gasteiger partial charge < -0.3 is 15.4 Å². The van der Waals surface area contributed by atoms with Gasteiger partial charge in [-0.25, -0.2) is 4.98 Å². The topological polar surface area (TPSA) is 63.2 Å². The van der Waals surface area contributed by atoms with E-state index in [-0.39, 0.29) is 5.91 Å². The molecule has 0 saturated heterocycles. The third kappa shape index (κ3) is 4.82. The molecule has 0 saturated carbocycles. The lowest BCUT2D eigenvalue weighted by atomic mass is 10.3. The fourth-order valence-corrected chi connectivity index (χ4v) is 1.26. The van der Waals surface area contributed by atoms with Gasteiger partial charge in [0.2, 0.25) is 0 Å². The largest absolute Gasteiger partial charge is 0.384 e. The number of ether oxygens (including phenoxy) is 1. The maximum atomic E-state index is 11.6. The summed E-state index contributed by atoms with van der Waals surface area (Å²) in [5.74, 6) is -0.177. The molecule has 0 aromatic carbocycles. The highest BCUT2D eigenvalue weighted by atomic mass is 16.5. The van der Waals surface area contributed by atoms with Gasteiger partial charge >= 0.3 is 0 Å². The van der Waals surface area contributed by atoms with Crippen LogP contribution in [0.2, 0.25) is 0 Å². The molecule has 17 heavy (non-hydrogen) atoms. The Morgan fingerprint density at radius 1 is 1.41 bits per heavy atom. The lowest BCUT2D eigenvalue weighted by Gasteiger charge is -2.06. The van der Waals surface area contributed by atoms with Crippen molar-refractivity contribution < 1.29 is 9.53 Å². The minimum Gasteiger partial charge on any atom is -0.384 e. The molecular weight excluding hydrogens is 218 g/mol. The Hall–Kier alpha value is -1.62. The molecule has 0 aliphatic heterocycles. The van der Waals surface area contributed by atoms with Crippen LogP contribution in [0.4, 0.5) is 5.69 Å². The first-order chi connectivity index (χ1) is 8.27. The Balaban J connectivity index is 2.46. The standard InChI is InChI=1S/C12H19N3O2/c1-3-6-13-10-4-5-11(15-9-10)12(16)14-7-8-17-2/h4-5,9,13H,3,6-8H2,1-2H3,(H,14,16). The summed E-state index contributed by atoms with van der Waals surface area (Å²) in [4.78, 5) is 15.7. The second-order valence-corrected chi connectivity index (χ2v) is 3.61. The summed E-state index contributed by atoms with van der Waals surface area (Å²) in [5.41, 5.74) is 1.35. The number of pyridine rings is 1. The van der Waals surface area contributed by atoms with Crippen molar-refractivity contribution in [3.05, 3.63) is 24.0 Å². The minimum absolute atomic E-state index is 0.177. The van der Waals surface area contributed by atoms with Gasteiger partial charge in [0.1, 0.15) is 5.69 Å². The zero-order chi connectivity index (χ0) is 12.5. The van der Waals surface area contributed by atoms with Crippen LogP contribution in [0.1, 0.15) is 23.8 Å². The van der Waals surface area contributed by atoms with E-state index in [2.05, 4.69) is 22.5 Å². The quantitative estimate of drug-likeness (QED) is 0.701. The molecule has 1 rings (SSSR count). The molecule has 1 heterocycles. The van der Waals surface area contributed by atoms with Gasteiger partial charge in [0.05, 0.1) is 18.5 Å². The van der Waals surface area contributed by atoms with Crippen LogP contribution in [-0.2, 0) is 4.74 Å². The average molecular weight is 237 g/mol. The van der Waals surface area contributed by atoms with Crippen molar-refractivity contribution in [2.24, 2.45) is 0 Å². The molecule has 0 aliphatic carbocycles. The zero-order valence-corrected chi connectivity index (χ0v) is 10.3. The summed E-state index contributed by atoms with van der Waals surface area (Å²) in [6, 6.07) is 3.56. The van der Waals surface area contributed by atoms with Crippen molar-refractivity contribution in [3.63, 3.8) is 0 Å². The first-order valence-electron chi connectivity index (χ1n) is 5.75. The van der Waals surface area contributed by atoms with Gasteiger partial charge in [-0.05, 0) is 18.6 Å². The van der Waals surface area contributed by atoms with Crippen LogP contribution in [-0.4, -0.2) is 37.7 Å². The normalized spacial score (nSPS) is 10.0. The van der Waals surface area contributed by atoms with Crippen molar-refractivity contribution in [1.29, 1.82) is 0 Å². The Bertz CT molecular complexity index is 338.